The van der Waals surface area contributed by atoms with Crippen LogP contribution in [0.5, 0.6) is 0 Å². The molecule has 2 aliphatic rings. The molecule has 1 aromatic rings. The van der Waals surface area contributed by atoms with Crippen molar-refractivity contribution < 1.29 is 4.42 Å². The first-order valence-corrected chi connectivity index (χ1v) is 12.3. The maximum atomic E-state index is 5.75. The third kappa shape index (κ3) is 7.79. The number of hydrogen-bond acceptors (Lipinski definition) is 5. The minimum absolute atomic E-state index is 0.538. The number of nitrogens with zero attached hydrogens (tertiary/aromatic N) is 4. The lowest BCUT2D eigenvalue weighted by molar-refractivity contribution is 0.166. The Labute approximate surface area is 189 Å². The van der Waals surface area contributed by atoms with E-state index in [2.05, 4.69) is 46.2 Å². The van der Waals surface area contributed by atoms with Gasteiger partial charge in [-0.25, -0.2) is 4.98 Å². The normalized spacial score (nSPS) is 20.5. The van der Waals surface area contributed by atoms with E-state index in [4.69, 9.17) is 9.41 Å². The van der Waals surface area contributed by atoms with Crippen molar-refractivity contribution in [2.75, 3.05) is 45.8 Å². The monoisotopic (exact) mass is 432 g/mol. The molecule has 0 bridgehead atoms. The Balaban J connectivity index is 1.40. The lowest BCUT2D eigenvalue weighted by Crippen LogP contribution is -2.49. The Bertz CT molecular complexity index is 665. The number of guanidine groups is 1. The van der Waals surface area contributed by atoms with Crippen molar-refractivity contribution in [2.24, 2.45) is 16.8 Å². The maximum absolute atomic E-state index is 5.75. The van der Waals surface area contributed by atoms with Crippen LogP contribution in [-0.4, -0.2) is 72.6 Å². The molecule has 7 heteroatoms. The molecule has 0 amide bonds. The van der Waals surface area contributed by atoms with Crippen LogP contribution in [-0.2, 0) is 6.54 Å². The van der Waals surface area contributed by atoms with Crippen molar-refractivity contribution in [3.8, 4) is 0 Å². The zero-order valence-electron chi connectivity index (χ0n) is 20.4. The summed E-state index contributed by atoms with van der Waals surface area (Å²) in [5.41, 5.74) is 1.01. The lowest BCUT2D eigenvalue weighted by Gasteiger charge is -2.34. The van der Waals surface area contributed by atoms with Gasteiger partial charge in [0.1, 0.15) is 5.76 Å². The molecule has 0 aromatic carbocycles. The molecule has 0 aliphatic carbocycles. The average Bonchev–Trinajstić information content (AvgIpc) is 3.05. The molecule has 3 rings (SSSR count). The molecule has 2 fully saturated rings. The van der Waals surface area contributed by atoms with E-state index in [0.29, 0.717) is 12.0 Å². The molecule has 0 radical (unpaired) electrons. The molecule has 176 valence electrons. The molecule has 0 saturated carbocycles. The molecule has 0 spiro atoms. The van der Waals surface area contributed by atoms with E-state index in [-0.39, 0.29) is 0 Å². The van der Waals surface area contributed by atoms with E-state index in [9.17, 15) is 0 Å². The van der Waals surface area contributed by atoms with Gasteiger partial charge >= 0.3 is 0 Å². The molecule has 0 unspecified atom stereocenters. The number of aliphatic imine (C=N–C) groups is 1. The highest BCUT2D eigenvalue weighted by atomic mass is 16.4. The number of aryl methyl sites for hydroxylation is 2. The van der Waals surface area contributed by atoms with Gasteiger partial charge in [-0.3, -0.25) is 9.89 Å². The van der Waals surface area contributed by atoms with Crippen molar-refractivity contribution in [1.82, 2.24) is 25.4 Å². The number of aromatic nitrogens is 1. The second-order valence-corrected chi connectivity index (χ2v) is 9.80. The highest BCUT2D eigenvalue weighted by Gasteiger charge is 2.22. The number of hydrogen-bond donors (Lipinski definition) is 2. The predicted octanol–water partition coefficient (Wildman–Crippen LogP) is 3.18. The molecule has 3 heterocycles. The molecule has 2 N–H and O–H groups in total. The summed E-state index contributed by atoms with van der Waals surface area (Å²) in [6.45, 7) is 19.2. The molecular formula is C24H44N6O. The largest absolute Gasteiger partial charge is 0.444 e. The predicted molar refractivity (Wildman–Crippen MR) is 127 cm³/mol. The number of nitrogens with one attached hydrogen (secondary N) is 2. The summed E-state index contributed by atoms with van der Waals surface area (Å²) in [5, 5.41) is 7.16. The van der Waals surface area contributed by atoms with E-state index in [1.165, 1.54) is 45.3 Å². The van der Waals surface area contributed by atoms with Gasteiger partial charge in [0.25, 0.3) is 0 Å². The minimum Gasteiger partial charge on any atom is -0.444 e. The molecule has 7 nitrogen and oxygen atoms in total. The van der Waals surface area contributed by atoms with Crippen molar-refractivity contribution >= 4 is 5.96 Å². The first-order chi connectivity index (χ1) is 14.9. The van der Waals surface area contributed by atoms with Crippen LogP contribution < -0.4 is 10.6 Å². The van der Waals surface area contributed by atoms with Gasteiger partial charge in [0.15, 0.2) is 5.96 Å². The Morgan fingerprint density at radius 2 is 1.77 bits per heavy atom. The molecule has 2 aliphatic heterocycles. The van der Waals surface area contributed by atoms with Crippen LogP contribution in [0.15, 0.2) is 9.41 Å². The second-order valence-electron chi connectivity index (χ2n) is 9.80. The summed E-state index contributed by atoms with van der Waals surface area (Å²) < 4.78 is 5.75. The van der Waals surface area contributed by atoms with Gasteiger partial charge in [0.2, 0.25) is 5.89 Å². The molecule has 31 heavy (non-hydrogen) atoms. The summed E-state index contributed by atoms with van der Waals surface area (Å²) in [6, 6.07) is 0.538. The third-order valence-electron chi connectivity index (χ3n) is 6.54. The van der Waals surface area contributed by atoms with Gasteiger partial charge in [-0.1, -0.05) is 13.8 Å². The first-order valence-electron chi connectivity index (χ1n) is 12.3. The Kier molecular flexibility index (Phi) is 9.20. The van der Waals surface area contributed by atoms with Crippen LogP contribution in [0, 0.1) is 25.7 Å². The zero-order chi connectivity index (χ0) is 22.2. The third-order valence-corrected chi connectivity index (χ3v) is 6.54. The van der Waals surface area contributed by atoms with Crippen molar-refractivity contribution in [1.29, 1.82) is 0 Å². The van der Waals surface area contributed by atoms with Crippen LogP contribution in [0.25, 0.3) is 0 Å². The Morgan fingerprint density at radius 3 is 2.35 bits per heavy atom. The smallest absolute Gasteiger partial charge is 0.208 e. The first kappa shape index (κ1) is 24.1. The van der Waals surface area contributed by atoms with E-state index in [1.54, 1.807) is 0 Å². The van der Waals surface area contributed by atoms with Crippen LogP contribution in [0.1, 0.15) is 63.8 Å². The fourth-order valence-corrected chi connectivity index (χ4v) is 4.64. The SMILES string of the molecule is CCNC(=NCC1CCN(Cc2nc(C)c(C)o2)CC1)NC1CCN(CC(C)C)CC1. The van der Waals surface area contributed by atoms with Crippen LogP contribution in [0.4, 0.5) is 0 Å². The number of likely N-dealkylation sites (tertiary alicyclic amines) is 2. The summed E-state index contributed by atoms with van der Waals surface area (Å²) in [6.07, 6.45) is 4.79. The van der Waals surface area contributed by atoms with E-state index >= 15 is 0 Å². The van der Waals surface area contributed by atoms with Crippen molar-refractivity contribution in [2.45, 2.75) is 72.9 Å². The molecule has 2 saturated heterocycles. The van der Waals surface area contributed by atoms with E-state index < -0.39 is 0 Å². The fraction of sp³-hybridized carbons (Fsp3) is 0.833. The lowest BCUT2D eigenvalue weighted by atomic mass is 9.97. The Morgan fingerprint density at radius 1 is 1.10 bits per heavy atom. The topological polar surface area (TPSA) is 68.9 Å². The summed E-state index contributed by atoms with van der Waals surface area (Å²) in [7, 11) is 0. The quantitative estimate of drug-likeness (QED) is 0.486. The molecule has 1 aromatic heterocycles. The highest BCUT2D eigenvalue weighted by Crippen LogP contribution is 2.20. The van der Waals surface area contributed by atoms with Gasteiger partial charge < -0.3 is 20.0 Å². The van der Waals surface area contributed by atoms with Crippen LogP contribution >= 0.6 is 0 Å². The van der Waals surface area contributed by atoms with Crippen molar-refractivity contribution in [3.63, 3.8) is 0 Å². The number of rotatable bonds is 8. The van der Waals surface area contributed by atoms with Gasteiger partial charge in [0, 0.05) is 38.8 Å². The van der Waals surface area contributed by atoms with Gasteiger partial charge in [0.05, 0.1) is 12.2 Å². The fourth-order valence-electron chi connectivity index (χ4n) is 4.64. The van der Waals surface area contributed by atoms with Gasteiger partial charge in [-0.05, 0) is 71.4 Å². The number of oxazole rings is 1. The van der Waals surface area contributed by atoms with Gasteiger partial charge in [-0.15, -0.1) is 0 Å². The summed E-state index contributed by atoms with van der Waals surface area (Å²) in [5.74, 6) is 4.20. The summed E-state index contributed by atoms with van der Waals surface area (Å²) >= 11 is 0. The van der Waals surface area contributed by atoms with Crippen molar-refractivity contribution in [3.05, 3.63) is 17.3 Å². The molecular weight excluding hydrogens is 388 g/mol. The van der Waals surface area contributed by atoms with E-state index in [1.807, 2.05) is 13.8 Å². The zero-order valence-corrected chi connectivity index (χ0v) is 20.4. The standard InChI is InChI=1S/C24H44N6O/c1-6-25-24(28-22-9-13-29(14-10-22)16-18(2)3)26-15-21-7-11-30(12-8-21)17-23-27-19(4)20(5)31-23/h18,21-22H,6-17H2,1-5H3,(H2,25,26,28). The van der Waals surface area contributed by atoms with E-state index in [0.717, 1.165) is 61.9 Å². The minimum atomic E-state index is 0.538. The molecule has 0 atom stereocenters. The summed E-state index contributed by atoms with van der Waals surface area (Å²) in [4.78, 5) is 14.5. The van der Waals surface area contributed by atoms with Crippen LogP contribution in [0.3, 0.4) is 0 Å². The van der Waals surface area contributed by atoms with Crippen LogP contribution in [0.2, 0.25) is 0 Å². The van der Waals surface area contributed by atoms with Gasteiger partial charge in [-0.2, -0.15) is 0 Å². The second kappa shape index (κ2) is 11.9. The maximum Gasteiger partial charge on any atom is 0.208 e. The number of piperidine rings is 2. The average molecular weight is 433 g/mol. The Hall–Kier alpha value is -1.60. The highest BCUT2D eigenvalue weighted by molar-refractivity contribution is 5.80.